The van der Waals surface area contributed by atoms with Gasteiger partial charge in [0.25, 0.3) is 10.0 Å². The van der Waals surface area contributed by atoms with Crippen LogP contribution in [-0.4, -0.2) is 40.0 Å². The first-order valence-electron chi connectivity index (χ1n) is 10.1. The molecule has 0 bridgehead atoms. The van der Waals surface area contributed by atoms with Gasteiger partial charge in [-0.2, -0.15) is 0 Å². The Bertz CT molecular complexity index is 1350. The molecular weight excluding hydrogens is 500 g/mol. The standard InChI is InChI=1S/C22H23ClN4O5S2/c1-3-20(27(33(2,29)30)18-11-7-16(23)8-12-18)22(28)25-17-9-13-19(14-10-17)34(31,32)26-21-6-4-5-15-24-21/h4-15,20H,3H2,1-2H3,(H,24,26)(H,25,28)/t20-/m0/s1. The number of hydrogen-bond donors (Lipinski definition) is 2. The van der Waals surface area contributed by atoms with Crippen LogP contribution < -0.4 is 14.3 Å². The number of rotatable bonds is 9. The van der Waals surface area contributed by atoms with Crippen molar-refractivity contribution in [1.29, 1.82) is 0 Å². The number of nitrogens with zero attached hydrogens (tertiary/aromatic N) is 2. The lowest BCUT2D eigenvalue weighted by Gasteiger charge is -2.30. The number of sulfonamides is 2. The lowest BCUT2D eigenvalue weighted by atomic mass is 10.2. The number of carbonyl (C=O) groups excluding carboxylic acids is 1. The maximum Gasteiger partial charge on any atom is 0.263 e. The number of anilines is 3. The van der Waals surface area contributed by atoms with Crippen LogP contribution in [0.1, 0.15) is 13.3 Å². The molecule has 1 heterocycles. The molecule has 12 heteroatoms. The summed E-state index contributed by atoms with van der Waals surface area (Å²) >= 11 is 5.91. The van der Waals surface area contributed by atoms with E-state index in [1.54, 1.807) is 19.1 Å². The highest BCUT2D eigenvalue weighted by Crippen LogP contribution is 2.25. The zero-order valence-corrected chi connectivity index (χ0v) is 20.7. The molecule has 2 aromatic carbocycles. The first-order valence-corrected chi connectivity index (χ1v) is 13.8. The Morgan fingerprint density at radius 3 is 2.18 bits per heavy atom. The van der Waals surface area contributed by atoms with Crippen molar-refractivity contribution in [2.75, 3.05) is 20.6 Å². The monoisotopic (exact) mass is 522 g/mol. The predicted octanol–water partition coefficient (Wildman–Crippen LogP) is 3.72. The molecule has 1 aromatic heterocycles. The number of hydrogen-bond acceptors (Lipinski definition) is 6. The van der Waals surface area contributed by atoms with Gasteiger partial charge in [-0.1, -0.05) is 24.6 Å². The summed E-state index contributed by atoms with van der Waals surface area (Å²) in [6.07, 6.45) is 2.68. The molecule has 1 atom stereocenters. The van der Waals surface area contributed by atoms with E-state index in [1.165, 1.54) is 60.8 Å². The van der Waals surface area contributed by atoms with Gasteiger partial charge >= 0.3 is 0 Å². The third-order valence-corrected chi connectivity index (χ3v) is 7.55. The van der Waals surface area contributed by atoms with E-state index in [2.05, 4.69) is 15.0 Å². The first kappa shape index (κ1) is 25.5. The van der Waals surface area contributed by atoms with Crippen molar-refractivity contribution in [3.05, 3.63) is 77.9 Å². The van der Waals surface area contributed by atoms with Crippen LogP contribution in [0.5, 0.6) is 0 Å². The smallest absolute Gasteiger partial charge is 0.263 e. The summed E-state index contributed by atoms with van der Waals surface area (Å²) < 4.78 is 53.5. The van der Waals surface area contributed by atoms with Gasteiger partial charge in [0.2, 0.25) is 15.9 Å². The Labute approximate surface area is 203 Å². The third kappa shape index (κ3) is 6.25. The first-order chi connectivity index (χ1) is 16.0. The van der Waals surface area contributed by atoms with Gasteiger partial charge in [0.1, 0.15) is 11.9 Å². The minimum absolute atomic E-state index is 0.0258. The van der Waals surface area contributed by atoms with Gasteiger partial charge in [0.15, 0.2) is 0 Å². The average Bonchev–Trinajstić information content (AvgIpc) is 2.78. The molecule has 0 fully saturated rings. The second-order valence-corrected chi connectivity index (χ2v) is 11.3. The molecule has 180 valence electrons. The van der Waals surface area contributed by atoms with Crippen molar-refractivity contribution >= 4 is 54.7 Å². The summed E-state index contributed by atoms with van der Waals surface area (Å²) in [5, 5.41) is 3.09. The molecule has 0 aliphatic carbocycles. The summed E-state index contributed by atoms with van der Waals surface area (Å²) in [5.74, 6) is -0.390. The van der Waals surface area contributed by atoms with Gasteiger partial charge in [0.05, 0.1) is 16.8 Å². The van der Waals surface area contributed by atoms with E-state index in [0.29, 0.717) is 16.4 Å². The molecule has 3 aromatic rings. The lowest BCUT2D eigenvalue weighted by molar-refractivity contribution is -0.117. The van der Waals surface area contributed by atoms with Gasteiger partial charge in [0, 0.05) is 16.9 Å². The van der Waals surface area contributed by atoms with Crippen LogP contribution in [0.15, 0.2) is 77.8 Å². The van der Waals surface area contributed by atoms with E-state index in [-0.39, 0.29) is 17.1 Å². The number of nitrogens with one attached hydrogen (secondary N) is 2. The number of amides is 1. The SMILES string of the molecule is CC[C@@H](C(=O)Nc1ccc(S(=O)(=O)Nc2ccccn2)cc1)N(c1ccc(Cl)cc1)S(C)(=O)=O. The van der Waals surface area contributed by atoms with Crippen LogP contribution in [-0.2, 0) is 24.8 Å². The van der Waals surface area contributed by atoms with Gasteiger partial charge in [-0.25, -0.2) is 21.8 Å². The van der Waals surface area contributed by atoms with Crippen molar-refractivity contribution in [3.63, 3.8) is 0 Å². The molecule has 3 rings (SSSR count). The molecule has 0 saturated heterocycles. The van der Waals surface area contributed by atoms with E-state index < -0.39 is 32.0 Å². The topological polar surface area (TPSA) is 126 Å². The molecule has 0 spiro atoms. The molecule has 34 heavy (non-hydrogen) atoms. The Morgan fingerprint density at radius 1 is 1.00 bits per heavy atom. The van der Waals surface area contributed by atoms with Gasteiger partial charge < -0.3 is 5.32 Å². The van der Waals surface area contributed by atoms with Crippen LogP contribution in [0.4, 0.5) is 17.2 Å². The van der Waals surface area contributed by atoms with Gasteiger partial charge in [-0.05, 0) is 67.1 Å². The molecule has 1 amide bonds. The van der Waals surface area contributed by atoms with Crippen molar-refractivity contribution < 1.29 is 21.6 Å². The van der Waals surface area contributed by atoms with Gasteiger partial charge in [-0.15, -0.1) is 0 Å². The quantitative estimate of drug-likeness (QED) is 0.441. The van der Waals surface area contributed by atoms with Crippen molar-refractivity contribution in [2.24, 2.45) is 0 Å². The minimum Gasteiger partial charge on any atom is -0.324 e. The zero-order chi connectivity index (χ0) is 24.9. The van der Waals surface area contributed by atoms with Crippen LogP contribution >= 0.6 is 11.6 Å². The third-order valence-electron chi connectivity index (χ3n) is 4.75. The fraction of sp³-hybridized carbons (Fsp3) is 0.182. The molecule has 9 nitrogen and oxygen atoms in total. The summed E-state index contributed by atoms with van der Waals surface area (Å²) in [7, 11) is -7.67. The molecule has 0 aliphatic rings. The highest BCUT2D eigenvalue weighted by Gasteiger charge is 2.31. The van der Waals surface area contributed by atoms with E-state index in [0.717, 1.165) is 10.6 Å². The molecular formula is C22H23ClN4O5S2. The van der Waals surface area contributed by atoms with Crippen LogP contribution in [0, 0.1) is 0 Å². The number of pyridine rings is 1. The largest absolute Gasteiger partial charge is 0.324 e. The highest BCUT2D eigenvalue weighted by atomic mass is 35.5. The van der Waals surface area contributed by atoms with Crippen molar-refractivity contribution in [3.8, 4) is 0 Å². The Hall–Kier alpha value is -3.15. The normalized spacial score (nSPS) is 12.6. The number of aromatic nitrogens is 1. The van der Waals surface area contributed by atoms with Crippen molar-refractivity contribution in [1.82, 2.24) is 4.98 Å². The summed E-state index contributed by atoms with van der Waals surface area (Å²) in [4.78, 5) is 16.9. The van der Waals surface area contributed by atoms with Gasteiger partial charge in [-0.3, -0.25) is 13.8 Å². The van der Waals surface area contributed by atoms with Crippen LogP contribution in [0.2, 0.25) is 5.02 Å². The summed E-state index contributed by atoms with van der Waals surface area (Å²) in [5.41, 5.74) is 0.612. The van der Waals surface area contributed by atoms with E-state index in [4.69, 9.17) is 11.6 Å². The minimum atomic E-state index is -3.88. The lowest BCUT2D eigenvalue weighted by Crippen LogP contribution is -2.47. The number of carbonyl (C=O) groups is 1. The fourth-order valence-electron chi connectivity index (χ4n) is 3.21. The Kier molecular flexibility index (Phi) is 7.80. The molecule has 0 unspecified atom stereocenters. The molecule has 0 radical (unpaired) electrons. The Balaban J connectivity index is 1.79. The predicted molar refractivity (Wildman–Crippen MR) is 133 cm³/mol. The maximum absolute atomic E-state index is 13.0. The second-order valence-electron chi connectivity index (χ2n) is 7.29. The number of benzene rings is 2. The Morgan fingerprint density at radius 2 is 1.65 bits per heavy atom. The van der Waals surface area contributed by atoms with E-state index in [9.17, 15) is 21.6 Å². The second kappa shape index (κ2) is 10.4. The van der Waals surface area contributed by atoms with Crippen molar-refractivity contribution in [2.45, 2.75) is 24.3 Å². The van der Waals surface area contributed by atoms with Crippen LogP contribution in [0.3, 0.4) is 0 Å². The maximum atomic E-state index is 13.0. The average molecular weight is 523 g/mol. The number of halogens is 1. The zero-order valence-electron chi connectivity index (χ0n) is 18.3. The summed E-state index contributed by atoms with van der Waals surface area (Å²) in [6, 6.07) is 15.4. The molecule has 0 saturated carbocycles. The van der Waals surface area contributed by atoms with E-state index in [1.807, 2.05) is 0 Å². The highest BCUT2D eigenvalue weighted by molar-refractivity contribution is 7.92. The molecule has 2 N–H and O–H groups in total. The molecule has 0 aliphatic heterocycles. The van der Waals surface area contributed by atoms with Crippen LogP contribution in [0.25, 0.3) is 0 Å². The fourth-order valence-corrected chi connectivity index (χ4v) is 5.56. The van der Waals surface area contributed by atoms with E-state index >= 15 is 0 Å². The summed E-state index contributed by atoms with van der Waals surface area (Å²) in [6.45, 7) is 1.69.